The van der Waals surface area contributed by atoms with Gasteiger partial charge < -0.3 is 10.1 Å². The van der Waals surface area contributed by atoms with Crippen molar-refractivity contribution in [2.45, 2.75) is 26.7 Å². The average Bonchev–Trinajstić information content (AvgIpc) is 2.57. The van der Waals surface area contributed by atoms with Crippen LogP contribution >= 0.6 is 31.9 Å². The first-order valence-corrected chi connectivity index (χ1v) is 9.44. The van der Waals surface area contributed by atoms with Crippen molar-refractivity contribution < 1.29 is 14.5 Å². The Balaban J connectivity index is 2.08. The van der Waals surface area contributed by atoms with Crippen molar-refractivity contribution in [3.05, 3.63) is 60.5 Å². The Hall–Kier alpha value is -1.93. The number of nitrogens with one attached hydrogen (secondary N) is 1. The van der Waals surface area contributed by atoms with Crippen LogP contribution in [0.2, 0.25) is 0 Å². The van der Waals surface area contributed by atoms with Gasteiger partial charge in [-0.25, -0.2) is 0 Å². The molecule has 0 heterocycles. The summed E-state index contributed by atoms with van der Waals surface area (Å²) in [5, 5.41) is 13.4. The van der Waals surface area contributed by atoms with Crippen molar-refractivity contribution in [3.63, 3.8) is 0 Å². The molecule has 0 aliphatic carbocycles. The Morgan fingerprint density at radius 2 is 1.92 bits per heavy atom. The molecule has 0 unspecified atom stereocenters. The lowest BCUT2D eigenvalue weighted by Gasteiger charge is -2.16. The number of ether oxygens (including phenoxy) is 1. The first-order valence-electron chi connectivity index (χ1n) is 7.85. The molecule has 0 atom stereocenters. The molecule has 6 nitrogen and oxygen atoms in total. The van der Waals surface area contributed by atoms with Gasteiger partial charge in [0.25, 0.3) is 11.6 Å². The molecule has 2 aromatic carbocycles. The van der Waals surface area contributed by atoms with Crippen LogP contribution in [0.5, 0.6) is 5.75 Å². The van der Waals surface area contributed by atoms with Crippen molar-refractivity contribution >= 4 is 49.1 Å². The fourth-order valence-corrected chi connectivity index (χ4v) is 3.12. The lowest BCUT2D eigenvalue weighted by Crippen LogP contribution is -2.21. The summed E-state index contributed by atoms with van der Waals surface area (Å²) in [5.41, 5.74) is 2.41. The van der Waals surface area contributed by atoms with E-state index in [9.17, 15) is 14.9 Å². The average molecular weight is 486 g/mol. The minimum absolute atomic E-state index is 0.0574. The number of hydrogen-bond donors (Lipinski definition) is 1. The van der Waals surface area contributed by atoms with Gasteiger partial charge in [0.05, 0.1) is 10.6 Å². The van der Waals surface area contributed by atoms with Crippen LogP contribution in [0, 0.1) is 17.0 Å². The largest absolute Gasteiger partial charge is 0.483 e. The van der Waals surface area contributed by atoms with Crippen LogP contribution < -0.4 is 10.1 Å². The van der Waals surface area contributed by atoms with Gasteiger partial charge >= 0.3 is 0 Å². The number of anilines is 1. The van der Waals surface area contributed by atoms with E-state index in [1.165, 1.54) is 18.2 Å². The second-order valence-electron chi connectivity index (χ2n) is 6.05. The Kier molecular flexibility index (Phi) is 6.77. The third-order valence-electron chi connectivity index (χ3n) is 3.71. The van der Waals surface area contributed by atoms with Crippen molar-refractivity contribution in [3.8, 4) is 5.75 Å². The lowest BCUT2D eigenvalue weighted by molar-refractivity contribution is -0.384. The number of carbonyl (C=O) groups is 1. The molecular weight excluding hydrogens is 468 g/mol. The number of non-ortho nitro benzene ring substituents is 1. The van der Waals surface area contributed by atoms with E-state index in [0.717, 1.165) is 15.6 Å². The van der Waals surface area contributed by atoms with Crippen LogP contribution in [0.1, 0.15) is 30.9 Å². The van der Waals surface area contributed by atoms with Crippen LogP contribution in [-0.2, 0) is 4.79 Å². The van der Waals surface area contributed by atoms with Crippen molar-refractivity contribution in [2.75, 3.05) is 11.9 Å². The van der Waals surface area contributed by atoms with Gasteiger partial charge in [-0.1, -0.05) is 29.8 Å². The van der Waals surface area contributed by atoms with E-state index in [0.29, 0.717) is 15.9 Å². The predicted octanol–water partition coefficient (Wildman–Crippen LogP) is 5.57. The van der Waals surface area contributed by atoms with Crippen LogP contribution in [0.3, 0.4) is 0 Å². The number of halogens is 2. The number of amides is 1. The number of aryl methyl sites for hydroxylation is 1. The second kappa shape index (κ2) is 8.64. The van der Waals surface area contributed by atoms with Crippen LogP contribution in [0.25, 0.3) is 0 Å². The minimum Gasteiger partial charge on any atom is -0.483 e. The topological polar surface area (TPSA) is 81.5 Å². The highest BCUT2D eigenvalue weighted by Crippen LogP contribution is 2.32. The summed E-state index contributed by atoms with van der Waals surface area (Å²) >= 11 is 6.73. The van der Waals surface area contributed by atoms with E-state index in [4.69, 9.17) is 4.74 Å². The Labute approximate surface area is 168 Å². The fourth-order valence-electron chi connectivity index (χ4n) is 2.30. The molecule has 0 aliphatic rings. The molecule has 8 heteroatoms. The summed E-state index contributed by atoms with van der Waals surface area (Å²) in [5.74, 6) is 0.558. The van der Waals surface area contributed by atoms with Gasteiger partial charge in [-0.3, -0.25) is 14.9 Å². The summed E-state index contributed by atoms with van der Waals surface area (Å²) in [7, 11) is 0. The first kappa shape index (κ1) is 20.4. The molecule has 0 aliphatic heterocycles. The van der Waals surface area contributed by atoms with Crippen molar-refractivity contribution in [1.29, 1.82) is 0 Å². The van der Waals surface area contributed by atoms with Crippen molar-refractivity contribution in [2.24, 2.45) is 0 Å². The van der Waals surface area contributed by atoms with E-state index in [2.05, 4.69) is 51.0 Å². The number of hydrogen-bond acceptors (Lipinski definition) is 4. The second-order valence-corrected chi connectivity index (χ2v) is 7.76. The monoisotopic (exact) mass is 484 g/mol. The Morgan fingerprint density at radius 3 is 2.50 bits per heavy atom. The maximum atomic E-state index is 12.2. The highest BCUT2D eigenvalue weighted by Gasteiger charge is 2.14. The molecule has 138 valence electrons. The minimum atomic E-state index is -0.497. The fraction of sp³-hybridized carbons (Fsp3) is 0.278. The first-order chi connectivity index (χ1) is 12.2. The highest BCUT2D eigenvalue weighted by atomic mass is 79.9. The van der Waals surface area contributed by atoms with E-state index in [-0.39, 0.29) is 24.1 Å². The van der Waals surface area contributed by atoms with E-state index in [1.807, 2.05) is 19.1 Å². The maximum Gasteiger partial charge on any atom is 0.270 e. The molecule has 0 fully saturated rings. The number of carbonyl (C=O) groups excluding carboxylic acids is 1. The molecular formula is C18H18Br2N2O4. The SMILES string of the molecule is Cc1cc(OCC(=O)Nc2ccc([N+](=O)[O-])cc2Br)c(C(C)C)cc1Br. The molecule has 0 aromatic heterocycles. The van der Waals surface area contributed by atoms with Crippen molar-refractivity contribution in [1.82, 2.24) is 0 Å². The van der Waals surface area contributed by atoms with Gasteiger partial charge in [0.1, 0.15) is 5.75 Å². The normalized spacial score (nSPS) is 10.7. The van der Waals surface area contributed by atoms with Gasteiger partial charge in [-0.05, 0) is 58.1 Å². The molecule has 1 N–H and O–H groups in total. The zero-order valence-corrected chi connectivity index (χ0v) is 17.7. The molecule has 2 aromatic rings. The number of nitro benzene ring substituents is 1. The Morgan fingerprint density at radius 1 is 1.23 bits per heavy atom. The summed E-state index contributed by atoms with van der Waals surface area (Å²) in [6.07, 6.45) is 0. The van der Waals surface area contributed by atoms with E-state index in [1.54, 1.807) is 0 Å². The van der Waals surface area contributed by atoms with Gasteiger partial charge in [0.2, 0.25) is 0 Å². The zero-order valence-electron chi connectivity index (χ0n) is 14.5. The van der Waals surface area contributed by atoms with E-state index >= 15 is 0 Å². The van der Waals surface area contributed by atoms with Crippen LogP contribution in [0.4, 0.5) is 11.4 Å². The third-order valence-corrected chi connectivity index (χ3v) is 5.22. The standard InChI is InChI=1S/C18H18Br2N2O4/c1-10(2)13-8-14(19)11(3)6-17(13)26-9-18(23)21-16-5-4-12(22(24)25)7-15(16)20/h4-8,10H,9H2,1-3H3,(H,21,23). The molecule has 0 saturated heterocycles. The summed E-state index contributed by atoms with van der Waals surface area (Å²) in [6.45, 7) is 5.90. The highest BCUT2D eigenvalue weighted by molar-refractivity contribution is 9.10. The molecule has 2 rings (SSSR count). The molecule has 0 bridgehead atoms. The van der Waals surface area contributed by atoms with Gasteiger partial charge in [-0.15, -0.1) is 0 Å². The number of nitro groups is 1. The Bertz CT molecular complexity index is 853. The third kappa shape index (κ3) is 5.04. The number of nitrogens with zero attached hydrogens (tertiary/aromatic N) is 1. The summed E-state index contributed by atoms with van der Waals surface area (Å²) < 4.78 is 7.14. The quantitative estimate of drug-likeness (QED) is 0.428. The number of benzene rings is 2. The summed E-state index contributed by atoms with van der Waals surface area (Å²) in [6, 6.07) is 8.04. The molecule has 0 spiro atoms. The van der Waals surface area contributed by atoms with Gasteiger partial charge in [0.15, 0.2) is 6.61 Å². The molecule has 0 radical (unpaired) electrons. The predicted molar refractivity (Wildman–Crippen MR) is 108 cm³/mol. The summed E-state index contributed by atoms with van der Waals surface area (Å²) in [4.78, 5) is 22.5. The number of rotatable bonds is 6. The molecule has 1 amide bonds. The van der Waals surface area contributed by atoms with E-state index < -0.39 is 4.92 Å². The lowest BCUT2D eigenvalue weighted by atomic mass is 10.0. The zero-order chi connectivity index (χ0) is 19.4. The van der Waals surface area contributed by atoms with Crippen LogP contribution in [-0.4, -0.2) is 17.4 Å². The maximum absolute atomic E-state index is 12.2. The smallest absolute Gasteiger partial charge is 0.270 e. The van der Waals surface area contributed by atoms with Gasteiger partial charge in [0, 0.05) is 21.1 Å². The molecule has 0 saturated carbocycles. The molecule has 26 heavy (non-hydrogen) atoms. The van der Waals surface area contributed by atoms with Crippen LogP contribution in [0.15, 0.2) is 39.3 Å². The van der Waals surface area contributed by atoms with Gasteiger partial charge in [-0.2, -0.15) is 0 Å².